The van der Waals surface area contributed by atoms with Crippen LogP contribution in [0.3, 0.4) is 0 Å². The van der Waals surface area contributed by atoms with Crippen LogP contribution in [0.25, 0.3) is 10.9 Å². The summed E-state index contributed by atoms with van der Waals surface area (Å²) >= 11 is 0. The van der Waals surface area contributed by atoms with E-state index in [1.54, 1.807) is 6.33 Å². The summed E-state index contributed by atoms with van der Waals surface area (Å²) in [5, 5.41) is 3.96. The molecule has 0 bridgehead atoms. The van der Waals surface area contributed by atoms with Crippen LogP contribution < -0.4 is 5.32 Å². The Bertz CT molecular complexity index is 838. The van der Waals surface area contributed by atoms with Crippen molar-refractivity contribution in [3.8, 4) is 0 Å². The first-order valence-electron chi connectivity index (χ1n) is 7.84. The molecular weight excluding hydrogens is 288 g/mol. The number of benzene rings is 1. The number of carbonyl (C=O) groups is 1. The Morgan fingerprint density at radius 2 is 2.09 bits per heavy atom. The minimum atomic E-state index is -0.0757. The lowest BCUT2D eigenvalue weighted by Gasteiger charge is -2.10. The molecule has 0 saturated heterocycles. The van der Waals surface area contributed by atoms with E-state index in [0.29, 0.717) is 18.5 Å². The van der Waals surface area contributed by atoms with Gasteiger partial charge in [-0.05, 0) is 25.5 Å². The number of hydrogen-bond donors (Lipinski definition) is 2. The molecule has 2 N–H and O–H groups in total. The van der Waals surface area contributed by atoms with Crippen molar-refractivity contribution in [3.05, 3.63) is 59.3 Å². The zero-order chi connectivity index (χ0) is 16.2. The summed E-state index contributed by atoms with van der Waals surface area (Å²) in [6.45, 7) is 4.55. The fourth-order valence-corrected chi connectivity index (χ4v) is 2.65. The molecule has 0 unspecified atom stereocenters. The second-order valence-corrected chi connectivity index (χ2v) is 5.51. The highest BCUT2D eigenvalue weighted by molar-refractivity contribution is 5.98. The second-order valence-electron chi connectivity index (χ2n) is 5.51. The van der Waals surface area contributed by atoms with Crippen LogP contribution >= 0.6 is 0 Å². The lowest BCUT2D eigenvalue weighted by molar-refractivity contribution is 0.0953. The molecule has 1 aromatic carbocycles. The molecule has 5 heteroatoms. The zero-order valence-electron chi connectivity index (χ0n) is 13.4. The van der Waals surface area contributed by atoms with Crippen molar-refractivity contribution in [2.45, 2.75) is 26.7 Å². The van der Waals surface area contributed by atoms with Crippen LogP contribution in [0, 0.1) is 6.92 Å². The largest absolute Gasteiger partial charge is 0.352 e. The minimum Gasteiger partial charge on any atom is -0.352 e. The summed E-state index contributed by atoms with van der Waals surface area (Å²) < 4.78 is 0. The highest BCUT2D eigenvalue weighted by atomic mass is 16.1. The number of nitrogens with one attached hydrogen (secondary N) is 2. The Morgan fingerprint density at radius 3 is 2.83 bits per heavy atom. The predicted octanol–water partition coefficient (Wildman–Crippen LogP) is 2.80. The molecule has 0 saturated carbocycles. The van der Waals surface area contributed by atoms with Crippen molar-refractivity contribution in [2.75, 3.05) is 6.54 Å². The van der Waals surface area contributed by atoms with Crippen LogP contribution in [0.5, 0.6) is 0 Å². The van der Waals surface area contributed by atoms with Crippen molar-refractivity contribution in [3.63, 3.8) is 0 Å². The molecule has 0 aliphatic rings. The maximum absolute atomic E-state index is 12.5. The predicted molar refractivity (Wildman–Crippen MR) is 90.5 cm³/mol. The normalized spacial score (nSPS) is 10.9. The van der Waals surface area contributed by atoms with Gasteiger partial charge in [0.05, 0.1) is 28.8 Å². The van der Waals surface area contributed by atoms with E-state index >= 15 is 0 Å². The maximum atomic E-state index is 12.5. The lowest BCUT2D eigenvalue weighted by Crippen LogP contribution is -2.27. The van der Waals surface area contributed by atoms with E-state index in [-0.39, 0.29) is 5.91 Å². The Balaban J connectivity index is 1.76. The molecular formula is C18H20N4O. The number of H-pyrrole nitrogens is 1. The van der Waals surface area contributed by atoms with E-state index < -0.39 is 0 Å². The van der Waals surface area contributed by atoms with E-state index in [0.717, 1.165) is 34.4 Å². The van der Waals surface area contributed by atoms with Gasteiger partial charge in [0, 0.05) is 24.0 Å². The highest BCUT2D eigenvalue weighted by Gasteiger charge is 2.13. The molecule has 0 radical (unpaired) electrons. The van der Waals surface area contributed by atoms with E-state index in [1.165, 1.54) is 0 Å². The van der Waals surface area contributed by atoms with Crippen LogP contribution in [0.15, 0.2) is 36.7 Å². The number of nitrogens with zero attached hydrogens (tertiary/aromatic N) is 2. The van der Waals surface area contributed by atoms with Gasteiger partial charge in [-0.3, -0.25) is 9.78 Å². The Hall–Kier alpha value is -2.69. The summed E-state index contributed by atoms with van der Waals surface area (Å²) in [5.41, 5.74) is 4.44. The van der Waals surface area contributed by atoms with Crippen molar-refractivity contribution in [1.29, 1.82) is 0 Å². The number of rotatable bonds is 5. The van der Waals surface area contributed by atoms with Crippen LogP contribution in [0.2, 0.25) is 0 Å². The Kier molecular flexibility index (Phi) is 4.37. The fourth-order valence-electron chi connectivity index (χ4n) is 2.65. The molecule has 0 fully saturated rings. The van der Waals surface area contributed by atoms with E-state index in [2.05, 4.69) is 20.3 Å². The number of amides is 1. The van der Waals surface area contributed by atoms with Gasteiger partial charge in [-0.2, -0.15) is 0 Å². The number of aryl methyl sites for hydroxylation is 2. The number of aromatic nitrogens is 3. The third kappa shape index (κ3) is 3.23. The molecule has 3 aromatic rings. The van der Waals surface area contributed by atoms with E-state index in [4.69, 9.17) is 0 Å². The third-order valence-electron chi connectivity index (χ3n) is 3.96. The van der Waals surface area contributed by atoms with Gasteiger partial charge in [0.25, 0.3) is 5.91 Å². The number of pyridine rings is 1. The first-order valence-corrected chi connectivity index (χ1v) is 7.84. The molecule has 23 heavy (non-hydrogen) atoms. The van der Waals surface area contributed by atoms with Crippen LogP contribution in [-0.2, 0) is 12.8 Å². The number of fused-ring (bicyclic) bond motifs is 1. The molecule has 0 aliphatic heterocycles. The average Bonchev–Trinajstić information content (AvgIpc) is 2.98. The number of aromatic amines is 1. The van der Waals surface area contributed by atoms with Gasteiger partial charge in [-0.1, -0.05) is 25.1 Å². The molecule has 1 amide bonds. The monoisotopic (exact) mass is 308 g/mol. The van der Waals surface area contributed by atoms with Crippen LogP contribution in [-0.4, -0.2) is 27.4 Å². The van der Waals surface area contributed by atoms with Gasteiger partial charge < -0.3 is 10.3 Å². The molecule has 0 spiro atoms. The number of para-hydroxylation sites is 1. The Labute approximate surface area is 135 Å². The standard InChI is InChI=1S/C18H20N4O/c1-3-15-14(10-13-6-4-5-7-17(13)22-15)18(23)19-9-8-16-12(2)20-11-21-16/h4-7,10-11H,3,8-9H2,1-2H3,(H,19,23)(H,20,21). The number of hydrogen-bond acceptors (Lipinski definition) is 3. The molecule has 2 aromatic heterocycles. The summed E-state index contributed by atoms with van der Waals surface area (Å²) in [5.74, 6) is -0.0757. The van der Waals surface area contributed by atoms with Gasteiger partial charge in [0.2, 0.25) is 0 Å². The fraction of sp³-hybridized carbons (Fsp3) is 0.278. The quantitative estimate of drug-likeness (QED) is 0.761. The molecule has 0 atom stereocenters. The van der Waals surface area contributed by atoms with Crippen LogP contribution in [0.1, 0.15) is 34.4 Å². The Morgan fingerprint density at radius 1 is 1.26 bits per heavy atom. The van der Waals surface area contributed by atoms with Crippen molar-refractivity contribution < 1.29 is 4.79 Å². The lowest BCUT2D eigenvalue weighted by atomic mass is 10.1. The number of imidazole rings is 1. The first-order chi connectivity index (χ1) is 11.2. The van der Waals surface area contributed by atoms with E-state index in [9.17, 15) is 4.79 Å². The van der Waals surface area contributed by atoms with Gasteiger partial charge in [-0.15, -0.1) is 0 Å². The zero-order valence-corrected chi connectivity index (χ0v) is 13.4. The minimum absolute atomic E-state index is 0.0757. The van der Waals surface area contributed by atoms with Crippen molar-refractivity contribution >= 4 is 16.8 Å². The van der Waals surface area contributed by atoms with Crippen molar-refractivity contribution in [2.24, 2.45) is 0 Å². The molecule has 118 valence electrons. The summed E-state index contributed by atoms with van der Waals surface area (Å²) in [6.07, 6.45) is 3.12. The third-order valence-corrected chi connectivity index (χ3v) is 3.96. The maximum Gasteiger partial charge on any atom is 0.253 e. The molecule has 5 nitrogen and oxygen atoms in total. The smallest absolute Gasteiger partial charge is 0.253 e. The molecule has 2 heterocycles. The van der Waals surface area contributed by atoms with Gasteiger partial charge >= 0.3 is 0 Å². The summed E-state index contributed by atoms with van der Waals surface area (Å²) in [6, 6.07) is 9.79. The molecule has 3 rings (SSSR count). The SMILES string of the molecule is CCc1nc2ccccc2cc1C(=O)NCCc1nc[nH]c1C. The van der Waals surface area contributed by atoms with E-state index in [1.807, 2.05) is 44.2 Å². The van der Waals surface area contributed by atoms with Gasteiger partial charge in [-0.25, -0.2) is 4.98 Å². The second kappa shape index (κ2) is 6.60. The topological polar surface area (TPSA) is 70.7 Å². The van der Waals surface area contributed by atoms with Gasteiger partial charge in [0.15, 0.2) is 0 Å². The first kappa shape index (κ1) is 15.2. The summed E-state index contributed by atoms with van der Waals surface area (Å²) in [4.78, 5) is 24.4. The molecule has 0 aliphatic carbocycles. The van der Waals surface area contributed by atoms with Crippen molar-refractivity contribution in [1.82, 2.24) is 20.3 Å². The highest BCUT2D eigenvalue weighted by Crippen LogP contribution is 2.17. The average molecular weight is 308 g/mol. The summed E-state index contributed by atoms with van der Waals surface area (Å²) in [7, 11) is 0. The number of carbonyl (C=O) groups excluding carboxylic acids is 1. The van der Waals surface area contributed by atoms with Crippen LogP contribution in [0.4, 0.5) is 0 Å². The van der Waals surface area contributed by atoms with Gasteiger partial charge in [0.1, 0.15) is 0 Å².